The van der Waals surface area contributed by atoms with Crippen molar-refractivity contribution in [1.82, 2.24) is 9.80 Å². The van der Waals surface area contributed by atoms with Crippen molar-refractivity contribution in [3.8, 4) is 0 Å². The normalized spacial score (nSPS) is 16.7. The SMILES string of the molecule is CCOC(=O)N1CCN(C(=O)C(N)CCC(=O)O)CC1. The average Bonchev–Trinajstić information content (AvgIpc) is 2.44. The molecule has 2 amide bonds. The van der Waals surface area contributed by atoms with E-state index < -0.39 is 12.0 Å². The van der Waals surface area contributed by atoms with Gasteiger partial charge in [0.2, 0.25) is 5.91 Å². The summed E-state index contributed by atoms with van der Waals surface area (Å²) in [5.41, 5.74) is 5.68. The van der Waals surface area contributed by atoms with Crippen LogP contribution in [0.1, 0.15) is 19.8 Å². The van der Waals surface area contributed by atoms with Crippen LogP contribution < -0.4 is 5.73 Å². The minimum atomic E-state index is -0.972. The van der Waals surface area contributed by atoms with Crippen molar-refractivity contribution in [3.63, 3.8) is 0 Å². The number of carbonyl (C=O) groups excluding carboxylic acids is 2. The Morgan fingerprint density at radius 2 is 1.75 bits per heavy atom. The van der Waals surface area contributed by atoms with Crippen molar-refractivity contribution < 1.29 is 24.2 Å². The number of carboxylic acid groups (broad SMARTS) is 1. The third kappa shape index (κ3) is 4.69. The molecule has 1 rings (SSSR count). The lowest BCUT2D eigenvalue weighted by molar-refractivity contribution is -0.138. The number of carbonyl (C=O) groups is 3. The van der Waals surface area contributed by atoms with Crippen molar-refractivity contribution in [2.45, 2.75) is 25.8 Å². The predicted octanol–water partition coefficient (Wildman–Crippen LogP) is -0.521. The molecule has 8 nitrogen and oxygen atoms in total. The lowest BCUT2D eigenvalue weighted by Gasteiger charge is -2.35. The van der Waals surface area contributed by atoms with Gasteiger partial charge in [0.15, 0.2) is 0 Å². The Kier molecular flexibility index (Phi) is 6.23. The van der Waals surface area contributed by atoms with E-state index in [2.05, 4.69) is 0 Å². The lowest BCUT2D eigenvalue weighted by atomic mass is 10.1. The fourth-order valence-electron chi connectivity index (χ4n) is 1.96. The highest BCUT2D eigenvalue weighted by molar-refractivity contribution is 5.82. The average molecular weight is 287 g/mol. The monoisotopic (exact) mass is 287 g/mol. The van der Waals surface area contributed by atoms with E-state index in [1.165, 1.54) is 4.90 Å². The number of ether oxygens (including phenoxy) is 1. The molecule has 114 valence electrons. The molecule has 1 saturated heterocycles. The molecule has 0 aliphatic carbocycles. The highest BCUT2D eigenvalue weighted by Crippen LogP contribution is 2.07. The van der Waals surface area contributed by atoms with E-state index in [9.17, 15) is 14.4 Å². The van der Waals surface area contributed by atoms with Crippen molar-refractivity contribution in [2.75, 3.05) is 32.8 Å². The fraction of sp³-hybridized carbons (Fsp3) is 0.750. The maximum absolute atomic E-state index is 12.0. The Morgan fingerprint density at radius 1 is 1.20 bits per heavy atom. The van der Waals surface area contributed by atoms with Crippen molar-refractivity contribution in [1.29, 1.82) is 0 Å². The van der Waals surface area contributed by atoms with Gasteiger partial charge in [-0.15, -0.1) is 0 Å². The van der Waals surface area contributed by atoms with Crippen LogP contribution in [0.4, 0.5) is 4.79 Å². The second-order valence-electron chi connectivity index (χ2n) is 4.55. The minimum absolute atomic E-state index is 0.117. The molecule has 0 radical (unpaired) electrons. The summed E-state index contributed by atoms with van der Waals surface area (Å²) in [6.45, 7) is 3.63. The fourth-order valence-corrected chi connectivity index (χ4v) is 1.96. The van der Waals surface area contributed by atoms with Crippen LogP contribution in [0, 0.1) is 0 Å². The standard InChI is InChI=1S/C12H21N3O5/c1-2-20-12(19)15-7-5-14(6-8-15)11(18)9(13)3-4-10(16)17/h9H,2-8,13H2,1H3,(H,16,17). The van der Waals surface area contributed by atoms with Gasteiger partial charge in [0, 0.05) is 32.6 Å². The minimum Gasteiger partial charge on any atom is -0.481 e. The number of piperazine rings is 1. The predicted molar refractivity (Wildman–Crippen MR) is 70.0 cm³/mol. The van der Waals surface area contributed by atoms with Gasteiger partial charge in [-0.25, -0.2) is 4.79 Å². The maximum Gasteiger partial charge on any atom is 0.409 e. The number of carboxylic acids is 1. The largest absolute Gasteiger partial charge is 0.481 e. The molecular formula is C12H21N3O5. The second-order valence-corrected chi connectivity index (χ2v) is 4.55. The lowest BCUT2D eigenvalue weighted by Crippen LogP contribution is -2.54. The Balaban J connectivity index is 2.38. The molecule has 0 spiro atoms. The number of amides is 2. The van der Waals surface area contributed by atoms with Crippen LogP contribution in [-0.4, -0.2) is 71.7 Å². The van der Waals surface area contributed by atoms with Gasteiger partial charge in [-0.3, -0.25) is 9.59 Å². The molecule has 1 fully saturated rings. The number of nitrogens with zero attached hydrogens (tertiary/aromatic N) is 2. The van der Waals surface area contributed by atoms with E-state index in [-0.39, 0.29) is 24.8 Å². The molecule has 8 heteroatoms. The molecule has 1 unspecified atom stereocenters. The number of hydrogen-bond acceptors (Lipinski definition) is 5. The van der Waals surface area contributed by atoms with Crippen LogP contribution in [0.3, 0.4) is 0 Å². The summed E-state index contributed by atoms with van der Waals surface area (Å²) in [7, 11) is 0. The van der Waals surface area contributed by atoms with Gasteiger partial charge in [-0.05, 0) is 13.3 Å². The molecule has 1 heterocycles. The summed E-state index contributed by atoms with van der Waals surface area (Å²) in [4.78, 5) is 37.0. The second kappa shape index (κ2) is 7.68. The van der Waals surface area contributed by atoms with Crippen LogP contribution >= 0.6 is 0 Å². The molecule has 1 atom stereocenters. The topological polar surface area (TPSA) is 113 Å². The molecule has 0 aromatic heterocycles. The first-order valence-corrected chi connectivity index (χ1v) is 6.63. The zero-order chi connectivity index (χ0) is 15.1. The van der Waals surface area contributed by atoms with Crippen molar-refractivity contribution in [2.24, 2.45) is 5.73 Å². The molecule has 1 aliphatic heterocycles. The summed E-state index contributed by atoms with van der Waals surface area (Å²) in [6, 6.07) is -0.805. The first-order valence-electron chi connectivity index (χ1n) is 6.63. The Morgan fingerprint density at radius 3 is 2.25 bits per heavy atom. The van der Waals surface area contributed by atoms with E-state index in [4.69, 9.17) is 15.6 Å². The third-order valence-corrected chi connectivity index (χ3v) is 3.10. The molecule has 3 N–H and O–H groups in total. The maximum atomic E-state index is 12.0. The molecule has 0 aromatic carbocycles. The Hall–Kier alpha value is -1.83. The third-order valence-electron chi connectivity index (χ3n) is 3.10. The zero-order valence-electron chi connectivity index (χ0n) is 11.6. The Bertz CT molecular complexity index is 366. The van der Waals surface area contributed by atoms with Gasteiger partial charge in [0.25, 0.3) is 0 Å². The number of hydrogen-bond donors (Lipinski definition) is 2. The molecule has 1 aliphatic rings. The molecule has 20 heavy (non-hydrogen) atoms. The summed E-state index contributed by atoms with van der Waals surface area (Å²) < 4.78 is 4.88. The van der Waals surface area contributed by atoms with E-state index in [0.717, 1.165) is 0 Å². The highest BCUT2D eigenvalue weighted by Gasteiger charge is 2.27. The molecule has 0 saturated carbocycles. The van der Waals surface area contributed by atoms with Crippen molar-refractivity contribution in [3.05, 3.63) is 0 Å². The van der Waals surface area contributed by atoms with Crippen LogP contribution in [-0.2, 0) is 14.3 Å². The van der Waals surface area contributed by atoms with Crippen LogP contribution in [0.5, 0.6) is 0 Å². The van der Waals surface area contributed by atoms with Gasteiger partial charge >= 0.3 is 12.1 Å². The molecule has 0 aromatic rings. The van der Waals surface area contributed by atoms with Gasteiger partial charge < -0.3 is 25.4 Å². The quantitative estimate of drug-likeness (QED) is 0.703. The van der Waals surface area contributed by atoms with Crippen LogP contribution in [0.15, 0.2) is 0 Å². The summed E-state index contributed by atoms with van der Waals surface area (Å²) in [5, 5.41) is 8.56. The van der Waals surface area contributed by atoms with Gasteiger partial charge in [0.05, 0.1) is 12.6 Å². The van der Waals surface area contributed by atoms with Crippen LogP contribution in [0.2, 0.25) is 0 Å². The number of aliphatic carboxylic acids is 1. The van der Waals surface area contributed by atoms with Crippen LogP contribution in [0.25, 0.3) is 0 Å². The summed E-state index contributed by atoms with van der Waals surface area (Å²) in [6.07, 6.45) is -0.392. The Labute approximate surface area is 117 Å². The number of rotatable bonds is 5. The molecule has 0 bridgehead atoms. The van der Waals surface area contributed by atoms with Crippen molar-refractivity contribution >= 4 is 18.0 Å². The summed E-state index contributed by atoms with van der Waals surface area (Å²) >= 11 is 0. The van der Waals surface area contributed by atoms with Gasteiger partial charge in [-0.1, -0.05) is 0 Å². The first-order chi connectivity index (χ1) is 9.45. The van der Waals surface area contributed by atoms with Gasteiger partial charge in [0.1, 0.15) is 0 Å². The van der Waals surface area contributed by atoms with E-state index >= 15 is 0 Å². The zero-order valence-corrected chi connectivity index (χ0v) is 11.6. The smallest absolute Gasteiger partial charge is 0.409 e. The summed E-state index contributed by atoms with van der Waals surface area (Å²) in [5.74, 6) is -1.24. The van der Waals surface area contributed by atoms with E-state index in [0.29, 0.717) is 32.8 Å². The number of nitrogens with two attached hydrogens (primary N) is 1. The molecular weight excluding hydrogens is 266 g/mol. The van der Waals surface area contributed by atoms with Gasteiger partial charge in [-0.2, -0.15) is 0 Å². The van der Waals surface area contributed by atoms with E-state index in [1.807, 2.05) is 0 Å². The highest BCUT2D eigenvalue weighted by atomic mass is 16.6. The van der Waals surface area contributed by atoms with E-state index in [1.54, 1.807) is 11.8 Å². The first kappa shape index (κ1) is 16.2.